The van der Waals surface area contributed by atoms with E-state index in [0.29, 0.717) is 25.3 Å². The number of ether oxygens (including phenoxy) is 3. The monoisotopic (exact) mass is 369 g/mol. The number of aryl methyl sites for hydroxylation is 1. The molecule has 0 saturated carbocycles. The van der Waals surface area contributed by atoms with E-state index < -0.39 is 0 Å². The van der Waals surface area contributed by atoms with E-state index in [-0.39, 0.29) is 12.0 Å². The summed E-state index contributed by atoms with van der Waals surface area (Å²) in [6.45, 7) is 4.36. The highest BCUT2D eigenvalue weighted by Gasteiger charge is 2.16. The van der Waals surface area contributed by atoms with Crippen molar-refractivity contribution in [2.75, 3.05) is 33.4 Å². The molecule has 0 aliphatic carbocycles. The second-order valence-corrected chi connectivity index (χ2v) is 6.81. The van der Waals surface area contributed by atoms with Crippen LogP contribution in [0.4, 0.5) is 0 Å². The van der Waals surface area contributed by atoms with Crippen molar-refractivity contribution in [3.8, 4) is 11.5 Å². The third-order valence-electron chi connectivity index (χ3n) is 4.69. The first kappa shape index (κ1) is 19.2. The van der Waals surface area contributed by atoms with Gasteiger partial charge in [0, 0.05) is 19.2 Å². The van der Waals surface area contributed by atoms with Crippen LogP contribution in [0.25, 0.3) is 0 Å². The summed E-state index contributed by atoms with van der Waals surface area (Å²) in [6, 6.07) is 15.1. The van der Waals surface area contributed by atoms with Crippen LogP contribution in [0.15, 0.2) is 48.5 Å². The molecule has 1 aliphatic rings. The average Bonchev–Trinajstić information content (AvgIpc) is 3.21. The van der Waals surface area contributed by atoms with Gasteiger partial charge in [-0.15, -0.1) is 0 Å². The summed E-state index contributed by atoms with van der Waals surface area (Å²) in [5.41, 5.74) is 1.72. The zero-order chi connectivity index (χ0) is 19.1. The van der Waals surface area contributed by atoms with E-state index in [1.165, 1.54) is 0 Å². The van der Waals surface area contributed by atoms with Gasteiger partial charge in [-0.1, -0.05) is 18.2 Å². The number of carbonyl (C=O) groups excluding carboxylic acids is 1. The molecule has 5 nitrogen and oxygen atoms in total. The Labute approximate surface area is 160 Å². The summed E-state index contributed by atoms with van der Waals surface area (Å²) in [5, 5.41) is 0. The third-order valence-corrected chi connectivity index (χ3v) is 4.69. The van der Waals surface area contributed by atoms with Crippen molar-refractivity contribution in [2.45, 2.75) is 25.9 Å². The summed E-state index contributed by atoms with van der Waals surface area (Å²) >= 11 is 0. The van der Waals surface area contributed by atoms with Gasteiger partial charge in [-0.2, -0.15) is 0 Å². The number of likely N-dealkylation sites (N-methyl/N-ethyl adjacent to an activating group) is 1. The van der Waals surface area contributed by atoms with Gasteiger partial charge in [0.15, 0.2) is 0 Å². The van der Waals surface area contributed by atoms with Crippen molar-refractivity contribution in [1.82, 2.24) is 4.90 Å². The van der Waals surface area contributed by atoms with Gasteiger partial charge in [0.25, 0.3) is 5.91 Å². The lowest BCUT2D eigenvalue weighted by atomic mass is 10.2. The van der Waals surface area contributed by atoms with Gasteiger partial charge < -0.3 is 19.1 Å². The number of rotatable bonds is 8. The molecule has 2 aromatic rings. The van der Waals surface area contributed by atoms with E-state index in [9.17, 15) is 4.79 Å². The highest BCUT2D eigenvalue weighted by atomic mass is 16.5. The Balaban J connectivity index is 1.45. The van der Waals surface area contributed by atoms with Gasteiger partial charge in [0.05, 0.1) is 12.6 Å². The topological polar surface area (TPSA) is 48.0 Å². The molecule has 1 saturated heterocycles. The first-order valence-corrected chi connectivity index (χ1v) is 9.42. The SMILES string of the molecule is Cc1ccccc1OCCN(C)C(=O)c1ccc(OC[C@H]2CCCO2)cc1. The van der Waals surface area contributed by atoms with Crippen LogP contribution >= 0.6 is 0 Å². The summed E-state index contributed by atoms with van der Waals surface area (Å²) in [5.74, 6) is 1.58. The van der Waals surface area contributed by atoms with Gasteiger partial charge in [-0.3, -0.25) is 4.79 Å². The lowest BCUT2D eigenvalue weighted by Gasteiger charge is -2.18. The Kier molecular flexibility index (Phi) is 6.71. The normalized spacial score (nSPS) is 16.1. The molecule has 0 radical (unpaired) electrons. The molecule has 3 rings (SSSR count). The second-order valence-electron chi connectivity index (χ2n) is 6.81. The quantitative estimate of drug-likeness (QED) is 0.712. The highest BCUT2D eigenvalue weighted by Crippen LogP contribution is 2.18. The molecule has 27 heavy (non-hydrogen) atoms. The minimum atomic E-state index is -0.0333. The molecule has 144 valence electrons. The van der Waals surface area contributed by atoms with Crippen molar-refractivity contribution in [3.63, 3.8) is 0 Å². The van der Waals surface area contributed by atoms with Crippen LogP contribution in [0.5, 0.6) is 11.5 Å². The summed E-state index contributed by atoms with van der Waals surface area (Å²) in [6.07, 6.45) is 2.33. The van der Waals surface area contributed by atoms with Gasteiger partial charge in [-0.05, 0) is 55.7 Å². The zero-order valence-electron chi connectivity index (χ0n) is 16.0. The number of benzene rings is 2. The molecule has 1 amide bonds. The fourth-order valence-electron chi connectivity index (χ4n) is 2.99. The maximum absolute atomic E-state index is 12.5. The second kappa shape index (κ2) is 9.42. The van der Waals surface area contributed by atoms with Crippen LogP contribution in [-0.4, -0.2) is 50.3 Å². The predicted octanol–water partition coefficient (Wildman–Crippen LogP) is 3.70. The first-order valence-electron chi connectivity index (χ1n) is 9.42. The number of amides is 1. The first-order chi connectivity index (χ1) is 13.1. The van der Waals surface area contributed by atoms with E-state index >= 15 is 0 Å². The molecule has 2 aromatic carbocycles. The van der Waals surface area contributed by atoms with Crippen molar-refractivity contribution >= 4 is 5.91 Å². The van der Waals surface area contributed by atoms with Crippen molar-refractivity contribution < 1.29 is 19.0 Å². The number of nitrogens with zero attached hydrogens (tertiary/aromatic N) is 1. The number of hydrogen-bond acceptors (Lipinski definition) is 4. The third kappa shape index (κ3) is 5.47. The van der Waals surface area contributed by atoms with E-state index in [0.717, 1.165) is 36.5 Å². The molecule has 1 aliphatic heterocycles. The van der Waals surface area contributed by atoms with Crippen molar-refractivity contribution in [3.05, 3.63) is 59.7 Å². The Morgan fingerprint density at radius 2 is 1.93 bits per heavy atom. The Bertz CT molecular complexity index is 738. The predicted molar refractivity (Wildman–Crippen MR) is 105 cm³/mol. The number of carbonyl (C=O) groups is 1. The number of hydrogen-bond donors (Lipinski definition) is 0. The van der Waals surface area contributed by atoms with Gasteiger partial charge in [0.1, 0.15) is 24.7 Å². The molecule has 0 N–H and O–H groups in total. The van der Waals surface area contributed by atoms with Crippen LogP contribution in [0.1, 0.15) is 28.8 Å². The van der Waals surface area contributed by atoms with E-state index in [1.54, 1.807) is 24.1 Å². The highest BCUT2D eigenvalue weighted by molar-refractivity contribution is 5.94. The Morgan fingerprint density at radius 3 is 2.63 bits per heavy atom. The minimum Gasteiger partial charge on any atom is -0.491 e. The molecule has 5 heteroatoms. The van der Waals surface area contributed by atoms with E-state index in [2.05, 4.69) is 0 Å². The van der Waals surface area contributed by atoms with E-state index in [4.69, 9.17) is 14.2 Å². The fourth-order valence-corrected chi connectivity index (χ4v) is 2.99. The van der Waals surface area contributed by atoms with Gasteiger partial charge >= 0.3 is 0 Å². The van der Waals surface area contributed by atoms with Gasteiger partial charge in [-0.25, -0.2) is 0 Å². The lowest BCUT2D eigenvalue weighted by Crippen LogP contribution is -2.30. The van der Waals surface area contributed by atoms with Crippen LogP contribution < -0.4 is 9.47 Å². The smallest absolute Gasteiger partial charge is 0.253 e. The van der Waals surface area contributed by atoms with Gasteiger partial charge in [0.2, 0.25) is 0 Å². The maximum atomic E-state index is 12.5. The van der Waals surface area contributed by atoms with Crippen molar-refractivity contribution in [2.24, 2.45) is 0 Å². The molecule has 1 atom stereocenters. The lowest BCUT2D eigenvalue weighted by molar-refractivity contribution is 0.0679. The van der Waals surface area contributed by atoms with Crippen LogP contribution in [0.2, 0.25) is 0 Å². The molecule has 0 spiro atoms. The van der Waals surface area contributed by atoms with Crippen LogP contribution in [0.3, 0.4) is 0 Å². The van der Waals surface area contributed by atoms with Crippen LogP contribution in [0, 0.1) is 6.92 Å². The van der Waals surface area contributed by atoms with Crippen molar-refractivity contribution in [1.29, 1.82) is 0 Å². The minimum absolute atomic E-state index is 0.0333. The standard InChI is InChI=1S/C22H27NO4/c1-17-6-3-4-8-21(17)26-15-13-23(2)22(24)18-9-11-19(12-10-18)27-16-20-7-5-14-25-20/h3-4,6,8-12,20H,5,7,13-16H2,1-2H3/t20-/m1/s1. The molecule has 1 heterocycles. The molecule has 1 fully saturated rings. The summed E-state index contributed by atoms with van der Waals surface area (Å²) < 4.78 is 17.1. The molecule has 0 unspecified atom stereocenters. The molecule has 0 bridgehead atoms. The Hall–Kier alpha value is -2.53. The largest absolute Gasteiger partial charge is 0.491 e. The summed E-state index contributed by atoms with van der Waals surface area (Å²) in [4.78, 5) is 14.2. The Morgan fingerprint density at radius 1 is 1.15 bits per heavy atom. The fraction of sp³-hybridized carbons (Fsp3) is 0.409. The van der Waals surface area contributed by atoms with E-state index in [1.807, 2.05) is 43.3 Å². The average molecular weight is 369 g/mol. The molecular weight excluding hydrogens is 342 g/mol. The maximum Gasteiger partial charge on any atom is 0.253 e. The molecular formula is C22H27NO4. The number of para-hydroxylation sites is 1. The summed E-state index contributed by atoms with van der Waals surface area (Å²) in [7, 11) is 1.78. The zero-order valence-corrected chi connectivity index (χ0v) is 16.0. The van der Waals surface area contributed by atoms with Crippen LogP contribution in [-0.2, 0) is 4.74 Å². The molecule has 0 aromatic heterocycles.